The molecule has 0 radical (unpaired) electrons. The molecule has 1 aliphatic heterocycles. The van der Waals surface area contributed by atoms with Crippen LogP contribution in [0.15, 0.2) is 36.4 Å². The average Bonchev–Trinajstić information content (AvgIpc) is 3.07. The fourth-order valence-corrected chi connectivity index (χ4v) is 2.44. The first-order chi connectivity index (χ1) is 11.2. The Balaban J connectivity index is 1.97. The molecule has 0 bridgehead atoms. The number of rotatable bonds is 4. The predicted octanol–water partition coefficient (Wildman–Crippen LogP) is 2.71. The minimum absolute atomic E-state index is 0.191. The highest BCUT2D eigenvalue weighted by molar-refractivity contribution is 6.09. The Morgan fingerprint density at radius 1 is 1.04 bits per heavy atom. The van der Waals surface area contributed by atoms with Gasteiger partial charge in [0.2, 0.25) is 6.79 Å². The van der Waals surface area contributed by atoms with E-state index in [1.165, 1.54) is 19.1 Å². The molecule has 0 fully saturated rings. The molecule has 0 saturated carbocycles. The van der Waals surface area contributed by atoms with Crippen LogP contribution in [0.25, 0.3) is 0 Å². The van der Waals surface area contributed by atoms with Crippen molar-refractivity contribution in [2.75, 3.05) is 33.0 Å². The van der Waals surface area contributed by atoms with Crippen LogP contribution in [0.1, 0.15) is 10.4 Å². The van der Waals surface area contributed by atoms with Crippen molar-refractivity contribution in [2.24, 2.45) is 0 Å². The van der Waals surface area contributed by atoms with Gasteiger partial charge in [0, 0.05) is 18.8 Å². The van der Waals surface area contributed by atoms with Gasteiger partial charge < -0.3 is 23.8 Å². The Bertz CT molecular complexity index is 722. The molecule has 6 heteroatoms. The van der Waals surface area contributed by atoms with Crippen molar-refractivity contribution in [2.45, 2.75) is 0 Å². The summed E-state index contributed by atoms with van der Waals surface area (Å²) in [5.41, 5.74) is 1.06. The Morgan fingerprint density at radius 2 is 1.70 bits per heavy atom. The van der Waals surface area contributed by atoms with Crippen LogP contribution in [-0.2, 0) is 0 Å². The normalized spacial score (nSPS) is 12.0. The molecule has 0 atom stereocenters. The quantitative estimate of drug-likeness (QED) is 0.868. The molecule has 0 N–H and O–H groups in total. The number of amides is 1. The standard InChI is InChI=1S/C17H17NO5/c1-18(11-7-8-12-15(9-11)23-10-22-12)17(19)16-13(20-2)5-4-6-14(16)21-3/h4-9H,10H2,1-3H3. The van der Waals surface area contributed by atoms with Crippen LogP contribution in [0.4, 0.5) is 5.69 Å². The number of hydrogen-bond donors (Lipinski definition) is 0. The van der Waals surface area contributed by atoms with E-state index in [0.717, 1.165) is 0 Å². The molecule has 23 heavy (non-hydrogen) atoms. The largest absolute Gasteiger partial charge is 0.496 e. The molecule has 6 nitrogen and oxygen atoms in total. The first kappa shape index (κ1) is 15.0. The average molecular weight is 315 g/mol. The van der Waals surface area contributed by atoms with E-state index in [1.807, 2.05) is 0 Å². The third-order valence-corrected chi connectivity index (χ3v) is 3.69. The summed E-state index contributed by atoms with van der Waals surface area (Å²) < 4.78 is 21.2. The van der Waals surface area contributed by atoms with Crippen molar-refractivity contribution in [3.63, 3.8) is 0 Å². The number of benzene rings is 2. The topological polar surface area (TPSA) is 57.2 Å². The van der Waals surface area contributed by atoms with Crippen molar-refractivity contribution in [3.05, 3.63) is 42.0 Å². The SMILES string of the molecule is COc1cccc(OC)c1C(=O)N(C)c1ccc2c(c1)OCO2. The zero-order valence-electron chi connectivity index (χ0n) is 13.2. The van der Waals surface area contributed by atoms with Crippen LogP contribution in [0.5, 0.6) is 23.0 Å². The summed E-state index contributed by atoms with van der Waals surface area (Å²) >= 11 is 0. The fourth-order valence-electron chi connectivity index (χ4n) is 2.44. The van der Waals surface area contributed by atoms with E-state index in [1.54, 1.807) is 43.4 Å². The van der Waals surface area contributed by atoms with Gasteiger partial charge in [-0.3, -0.25) is 4.79 Å². The summed E-state index contributed by atoms with van der Waals surface area (Å²) in [4.78, 5) is 14.4. The maximum absolute atomic E-state index is 12.9. The van der Waals surface area contributed by atoms with Crippen molar-refractivity contribution in [1.82, 2.24) is 0 Å². The number of nitrogens with zero attached hydrogens (tertiary/aromatic N) is 1. The van der Waals surface area contributed by atoms with Crippen LogP contribution in [0.2, 0.25) is 0 Å². The van der Waals surface area contributed by atoms with Gasteiger partial charge >= 0.3 is 0 Å². The van der Waals surface area contributed by atoms with E-state index >= 15 is 0 Å². The van der Waals surface area contributed by atoms with Crippen LogP contribution in [-0.4, -0.2) is 34.0 Å². The van der Waals surface area contributed by atoms with Crippen molar-refractivity contribution in [1.29, 1.82) is 0 Å². The van der Waals surface area contributed by atoms with Gasteiger partial charge in [-0.05, 0) is 24.3 Å². The lowest BCUT2D eigenvalue weighted by molar-refractivity contribution is 0.0987. The minimum Gasteiger partial charge on any atom is -0.496 e. The number of carbonyl (C=O) groups excluding carboxylic acids is 1. The zero-order valence-corrected chi connectivity index (χ0v) is 13.2. The van der Waals surface area contributed by atoms with E-state index in [0.29, 0.717) is 34.2 Å². The molecule has 3 rings (SSSR count). The van der Waals surface area contributed by atoms with E-state index < -0.39 is 0 Å². The summed E-state index contributed by atoms with van der Waals surface area (Å²) in [7, 11) is 4.73. The van der Waals surface area contributed by atoms with Gasteiger partial charge in [-0.1, -0.05) is 6.07 Å². The summed E-state index contributed by atoms with van der Waals surface area (Å²) in [6.45, 7) is 0.191. The number of fused-ring (bicyclic) bond motifs is 1. The molecule has 2 aromatic rings. The summed E-state index contributed by atoms with van der Waals surface area (Å²) in [5, 5.41) is 0. The Morgan fingerprint density at radius 3 is 2.35 bits per heavy atom. The van der Waals surface area contributed by atoms with Crippen LogP contribution in [0.3, 0.4) is 0 Å². The lowest BCUT2D eigenvalue weighted by Crippen LogP contribution is -2.27. The van der Waals surface area contributed by atoms with Gasteiger partial charge in [0.05, 0.1) is 14.2 Å². The molecular weight excluding hydrogens is 298 g/mol. The van der Waals surface area contributed by atoms with Gasteiger partial charge in [-0.2, -0.15) is 0 Å². The van der Waals surface area contributed by atoms with Crippen LogP contribution < -0.4 is 23.8 Å². The highest BCUT2D eigenvalue weighted by Gasteiger charge is 2.24. The third kappa shape index (κ3) is 2.63. The monoisotopic (exact) mass is 315 g/mol. The van der Waals surface area contributed by atoms with Crippen molar-refractivity contribution < 1.29 is 23.7 Å². The van der Waals surface area contributed by atoms with Gasteiger partial charge in [-0.25, -0.2) is 0 Å². The number of hydrogen-bond acceptors (Lipinski definition) is 5. The minimum atomic E-state index is -0.238. The first-order valence-corrected chi connectivity index (χ1v) is 7.04. The van der Waals surface area contributed by atoms with E-state index in [9.17, 15) is 4.79 Å². The highest BCUT2D eigenvalue weighted by Crippen LogP contribution is 2.36. The molecule has 0 unspecified atom stereocenters. The third-order valence-electron chi connectivity index (χ3n) is 3.69. The molecule has 0 aromatic heterocycles. The number of ether oxygens (including phenoxy) is 4. The first-order valence-electron chi connectivity index (χ1n) is 7.04. The second-order valence-corrected chi connectivity index (χ2v) is 4.94. The molecule has 0 saturated heterocycles. The molecule has 1 heterocycles. The Labute approximate surface area is 134 Å². The number of methoxy groups -OCH3 is 2. The van der Waals surface area contributed by atoms with Crippen LogP contribution >= 0.6 is 0 Å². The van der Waals surface area contributed by atoms with Gasteiger partial charge in [-0.15, -0.1) is 0 Å². The fraction of sp³-hybridized carbons (Fsp3) is 0.235. The molecular formula is C17H17NO5. The van der Waals surface area contributed by atoms with E-state index in [4.69, 9.17) is 18.9 Å². The van der Waals surface area contributed by atoms with Gasteiger partial charge in [0.1, 0.15) is 17.1 Å². The van der Waals surface area contributed by atoms with Gasteiger partial charge in [0.15, 0.2) is 11.5 Å². The molecule has 120 valence electrons. The molecule has 2 aromatic carbocycles. The zero-order chi connectivity index (χ0) is 16.4. The molecule has 0 spiro atoms. The molecule has 1 amide bonds. The number of anilines is 1. The summed E-state index contributed by atoms with van der Waals surface area (Å²) in [5.74, 6) is 1.97. The van der Waals surface area contributed by atoms with E-state index in [-0.39, 0.29) is 12.7 Å². The Hall–Kier alpha value is -2.89. The molecule has 0 aliphatic carbocycles. The smallest absolute Gasteiger partial charge is 0.265 e. The van der Waals surface area contributed by atoms with Crippen LogP contribution in [0, 0.1) is 0 Å². The summed E-state index contributed by atoms with van der Waals surface area (Å²) in [6, 6.07) is 10.6. The Kier molecular flexibility index (Phi) is 3.97. The predicted molar refractivity (Wildman–Crippen MR) is 84.8 cm³/mol. The molecule has 1 aliphatic rings. The van der Waals surface area contributed by atoms with E-state index in [2.05, 4.69) is 0 Å². The van der Waals surface area contributed by atoms with Gasteiger partial charge in [0.25, 0.3) is 5.91 Å². The number of carbonyl (C=O) groups is 1. The second kappa shape index (κ2) is 6.08. The summed E-state index contributed by atoms with van der Waals surface area (Å²) in [6.07, 6.45) is 0. The van der Waals surface area contributed by atoms with Crippen molar-refractivity contribution >= 4 is 11.6 Å². The maximum atomic E-state index is 12.9. The second-order valence-electron chi connectivity index (χ2n) is 4.94. The maximum Gasteiger partial charge on any atom is 0.265 e. The lowest BCUT2D eigenvalue weighted by Gasteiger charge is -2.20. The lowest BCUT2D eigenvalue weighted by atomic mass is 10.1. The highest BCUT2D eigenvalue weighted by atomic mass is 16.7. The van der Waals surface area contributed by atoms with Crippen molar-refractivity contribution in [3.8, 4) is 23.0 Å².